The minimum atomic E-state index is 0.383. The molecule has 0 saturated heterocycles. The molecule has 0 saturated carbocycles. The molecule has 2 nitrogen and oxygen atoms in total. The highest BCUT2D eigenvalue weighted by molar-refractivity contribution is 5.81. The lowest BCUT2D eigenvalue weighted by Crippen LogP contribution is -2.01. The van der Waals surface area contributed by atoms with Gasteiger partial charge in [-0.1, -0.05) is 6.07 Å². The SMILES string of the molecule is Cc1cc(CC=O)c(C)c(C=O)c1C. The number of hydrogen-bond donors (Lipinski definition) is 0. The lowest BCUT2D eigenvalue weighted by Gasteiger charge is -2.11. The summed E-state index contributed by atoms with van der Waals surface area (Å²) in [6.07, 6.45) is 2.12. The number of carbonyl (C=O) groups excluding carboxylic acids is 2. The lowest BCUT2D eigenvalue weighted by atomic mass is 9.93. The predicted octanol–water partition coefficient (Wildman–Crippen LogP) is 2.17. The van der Waals surface area contributed by atoms with E-state index in [1.54, 1.807) is 0 Å². The van der Waals surface area contributed by atoms with Crippen molar-refractivity contribution < 1.29 is 9.59 Å². The predicted molar refractivity (Wildman–Crippen MR) is 55.8 cm³/mol. The van der Waals surface area contributed by atoms with Gasteiger partial charge in [0.05, 0.1) is 0 Å². The second kappa shape index (κ2) is 4.18. The maximum Gasteiger partial charge on any atom is 0.150 e. The van der Waals surface area contributed by atoms with Gasteiger partial charge in [-0.15, -0.1) is 0 Å². The smallest absolute Gasteiger partial charge is 0.150 e. The van der Waals surface area contributed by atoms with Gasteiger partial charge in [-0.3, -0.25) is 4.79 Å². The largest absolute Gasteiger partial charge is 0.303 e. The minimum absolute atomic E-state index is 0.383. The summed E-state index contributed by atoms with van der Waals surface area (Å²) < 4.78 is 0. The Kier molecular flexibility index (Phi) is 3.18. The van der Waals surface area contributed by atoms with Gasteiger partial charge in [-0.25, -0.2) is 0 Å². The number of rotatable bonds is 3. The van der Waals surface area contributed by atoms with E-state index >= 15 is 0 Å². The van der Waals surface area contributed by atoms with Gasteiger partial charge in [0.15, 0.2) is 6.29 Å². The van der Waals surface area contributed by atoms with Crippen LogP contribution in [0.4, 0.5) is 0 Å². The summed E-state index contributed by atoms with van der Waals surface area (Å²) in [7, 11) is 0. The van der Waals surface area contributed by atoms with Gasteiger partial charge >= 0.3 is 0 Å². The van der Waals surface area contributed by atoms with Gasteiger partial charge in [0.2, 0.25) is 0 Å². The van der Waals surface area contributed by atoms with Crippen molar-refractivity contribution in [3.8, 4) is 0 Å². The molecule has 1 aromatic carbocycles. The Morgan fingerprint density at radius 1 is 1.14 bits per heavy atom. The quantitative estimate of drug-likeness (QED) is 0.684. The van der Waals surface area contributed by atoms with E-state index in [2.05, 4.69) is 0 Å². The number of carbonyl (C=O) groups is 2. The molecule has 0 atom stereocenters. The number of aldehydes is 2. The first-order valence-corrected chi connectivity index (χ1v) is 4.60. The molecule has 0 spiro atoms. The van der Waals surface area contributed by atoms with Crippen LogP contribution in [0.5, 0.6) is 0 Å². The Morgan fingerprint density at radius 3 is 2.29 bits per heavy atom. The van der Waals surface area contributed by atoms with Crippen LogP contribution in [0.25, 0.3) is 0 Å². The summed E-state index contributed by atoms with van der Waals surface area (Å²) in [5.41, 5.74) is 4.67. The van der Waals surface area contributed by atoms with Crippen molar-refractivity contribution in [3.05, 3.63) is 33.9 Å². The Balaban J connectivity index is 3.41. The molecule has 0 unspecified atom stereocenters. The Hall–Kier alpha value is -1.44. The van der Waals surface area contributed by atoms with Crippen molar-refractivity contribution in [2.75, 3.05) is 0 Å². The highest BCUT2D eigenvalue weighted by Crippen LogP contribution is 2.20. The van der Waals surface area contributed by atoms with E-state index < -0.39 is 0 Å². The number of benzene rings is 1. The van der Waals surface area contributed by atoms with Crippen LogP contribution in [0.2, 0.25) is 0 Å². The Bertz CT molecular complexity index is 378. The topological polar surface area (TPSA) is 34.1 Å². The van der Waals surface area contributed by atoms with Crippen molar-refractivity contribution >= 4 is 12.6 Å². The maximum atomic E-state index is 10.9. The second-order valence-corrected chi connectivity index (χ2v) is 3.50. The van der Waals surface area contributed by atoms with E-state index in [4.69, 9.17) is 0 Å². The molecule has 0 heterocycles. The standard InChI is InChI=1S/C12H14O2/c1-8-6-11(4-5-13)10(3)12(7-14)9(8)2/h5-7H,4H2,1-3H3. The molecular weight excluding hydrogens is 176 g/mol. The van der Waals surface area contributed by atoms with Crippen molar-refractivity contribution in [2.24, 2.45) is 0 Å². The zero-order valence-corrected chi connectivity index (χ0v) is 8.76. The fraction of sp³-hybridized carbons (Fsp3) is 0.333. The van der Waals surface area contributed by atoms with Gasteiger partial charge in [-0.05, 0) is 43.0 Å². The van der Waals surface area contributed by atoms with Crippen LogP contribution in [-0.2, 0) is 11.2 Å². The highest BCUT2D eigenvalue weighted by atomic mass is 16.1. The van der Waals surface area contributed by atoms with Gasteiger partial charge in [0, 0.05) is 12.0 Å². The molecule has 0 aliphatic heterocycles. The molecule has 0 radical (unpaired) electrons. The third kappa shape index (κ3) is 1.74. The summed E-state index contributed by atoms with van der Waals surface area (Å²) >= 11 is 0. The Labute approximate surface area is 83.9 Å². The van der Waals surface area contributed by atoms with Crippen LogP contribution in [-0.4, -0.2) is 12.6 Å². The average Bonchev–Trinajstić information content (AvgIpc) is 2.16. The molecule has 0 aromatic heterocycles. The van der Waals surface area contributed by atoms with Crippen molar-refractivity contribution in [1.82, 2.24) is 0 Å². The zero-order chi connectivity index (χ0) is 10.7. The summed E-state index contributed by atoms with van der Waals surface area (Å²) in [5, 5.41) is 0. The molecule has 2 heteroatoms. The van der Waals surface area contributed by atoms with E-state index in [1.165, 1.54) is 0 Å². The third-order valence-electron chi connectivity index (χ3n) is 2.69. The minimum Gasteiger partial charge on any atom is -0.303 e. The van der Waals surface area contributed by atoms with Crippen LogP contribution in [0.1, 0.15) is 32.6 Å². The summed E-state index contributed by atoms with van der Waals surface area (Å²) in [6, 6.07) is 1.98. The number of aryl methyl sites for hydroxylation is 1. The molecule has 0 fully saturated rings. The first-order chi connectivity index (χ1) is 6.61. The average molecular weight is 190 g/mol. The maximum absolute atomic E-state index is 10.9. The van der Waals surface area contributed by atoms with E-state index in [9.17, 15) is 9.59 Å². The Morgan fingerprint density at radius 2 is 1.79 bits per heavy atom. The van der Waals surface area contributed by atoms with E-state index in [1.807, 2.05) is 26.8 Å². The molecule has 0 aliphatic carbocycles. The first kappa shape index (κ1) is 10.6. The van der Waals surface area contributed by atoms with Crippen molar-refractivity contribution in [2.45, 2.75) is 27.2 Å². The summed E-state index contributed by atoms with van der Waals surface area (Å²) in [5.74, 6) is 0. The van der Waals surface area contributed by atoms with E-state index in [0.29, 0.717) is 6.42 Å². The fourth-order valence-corrected chi connectivity index (χ4v) is 1.62. The molecule has 1 aromatic rings. The van der Waals surface area contributed by atoms with Gasteiger partial charge in [0.25, 0.3) is 0 Å². The third-order valence-corrected chi connectivity index (χ3v) is 2.69. The molecule has 0 aliphatic rings. The molecule has 0 amide bonds. The number of hydrogen-bond acceptors (Lipinski definition) is 2. The fourth-order valence-electron chi connectivity index (χ4n) is 1.62. The zero-order valence-electron chi connectivity index (χ0n) is 8.76. The van der Waals surface area contributed by atoms with Gasteiger partial charge < -0.3 is 4.79 Å². The van der Waals surface area contributed by atoms with Gasteiger partial charge in [-0.2, -0.15) is 0 Å². The monoisotopic (exact) mass is 190 g/mol. The van der Waals surface area contributed by atoms with Crippen LogP contribution < -0.4 is 0 Å². The van der Waals surface area contributed by atoms with E-state index in [0.717, 1.165) is 40.4 Å². The van der Waals surface area contributed by atoms with Crippen LogP contribution in [0.15, 0.2) is 6.07 Å². The molecule has 0 bridgehead atoms. The van der Waals surface area contributed by atoms with Gasteiger partial charge in [0.1, 0.15) is 6.29 Å². The van der Waals surface area contributed by atoms with Crippen molar-refractivity contribution in [3.63, 3.8) is 0 Å². The molecule has 0 N–H and O–H groups in total. The van der Waals surface area contributed by atoms with Crippen LogP contribution in [0, 0.1) is 20.8 Å². The molecular formula is C12H14O2. The highest BCUT2D eigenvalue weighted by Gasteiger charge is 2.08. The molecule has 74 valence electrons. The van der Waals surface area contributed by atoms with Crippen LogP contribution >= 0.6 is 0 Å². The normalized spacial score (nSPS) is 9.93. The van der Waals surface area contributed by atoms with Crippen molar-refractivity contribution in [1.29, 1.82) is 0 Å². The summed E-state index contributed by atoms with van der Waals surface area (Å²) in [6.45, 7) is 5.77. The first-order valence-electron chi connectivity index (χ1n) is 4.60. The molecule has 14 heavy (non-hydrogen) atoms. The van der Waals surface area contributed by atoms with Crippen LogP contribution in [0.3, 0.4) is 0 Å². The summed E-state index contributed by atoms with van der Waals surface area (Å²) in [4.78, 5) is 21.3. The second-order valence-electron chi connectivity index (χ2n) is 3.50. The molecule has 1 rings (SSSR count). The lowest BCUT2D eigenvalue weighted by molar-refractivity contribution is -0.107. The van der Waals surface area contributed by atoms with E-state index in [-0.39, 0.29) is 0 Å².